The maximum absolute atomic E-state index is 14.0. The van der Waals surface area contributed by atoms with E-state index in [1.807, 2.05) is 0 Å². The first-order chi connectivity index (χ1) is 14.3. The van der Waals surface area contributed by atoms with Gasteiger partial charge in [0.15, 0.2) is 0 Å². The fourth-order valence-corrected chi connectivity index (χ4v) is 4.58. The summed E-state index contributed by atoms with van der Waals surface area (Å²) >= 11 is 0. The van der Waals surface area contributed by atoms with Crippen LogP contribution in [0.5, 0.6) is 0 Å². The molecule has 0 atom stereocenters. The summed E-state index contributed by atoms with van der Waals surface area (Å²) in [7, 11) is -4.15. The Morgan fingerprint density at radius 2 is 0.935 bits per heavy atom. The molecule has 3 aromatic carbocycles. The van der Waals surface area contributed by atoms with Crippen molar-refractivity contribution in [2.75, 3.05) is 0 Å². The van der Waals surface area contributed by atoms with E-state index in [-0.39, 0.29) is 4.90 Å². The lowest BCUT2D eigenvalue weighted by Crippen LogP contribution is -2.54. The molecular weight excluding hydrogens is 449 g/mol. The van der Waals surface area contributed by atoms with Gasteiger partial charge in [0, 0.05) is 0 Å². The quantitative estimate of drug-likeness (QED) is 0.441. The molecule has 3 rings (SSSR count). The lowest BCUT2D eigenvalue weighted by atomic mass is 9.73. The van der Waals surface area contributed by atoms with Crippen molar-refractivity contribution in [1.82, 2.24) is 0 Å². The second-order valence-electron chi connectivity index (χ2n) is 6.59. The molecule has 0 unspecified atom stereocenters. The van der Waals surface area contributed by atoms with Crippen molar-refractivity contribution < 1.29 is 39.2 Å². The van der Waals surface area contributed by atoms with Gasteiger partial charge in [0.05, 0.1) is 9.79 Å². The first kappa shape index (κ1) is 22.8. The zero-order valence-corrected chi connectivity index (χ0v) is 16.2. The second kappa shape index (κ2) is 7.67. The highest BCUT2D eigenvalue weighted by Gasteiger charge is 2.72. The molecule has 0 saturated carbocycles. The third-order valence-corrected chi connectivity index (χ3v) is 6.56. The van der Waals surface area contributed by atoms with Crippen LogP contribution in [0.3, 0.4) is 0 Å². The number of alkyl halides is 6. The van der Waals surface area contributed by atoms with Gasteiger partial charge in [0.2, 0.25) is 15.3 Å². The number of hydrogen-bond acceptors (Lipinski definition) is 2. The maximum atomic E-state index is 14.0. The molecule has 2 nitrogen and oxygen atoms in total. The van der Waals surface area contributed by atoms with Crippen LogP contribution < -0.4 is 0 Å². The zero-order valence-electron chi connectivity index (χ0n) is 15.4. The van der Waals surface area contributed by atoms with Gasteiger partial charge in [0.25, 0.3) is 0 Å². The average Bonchev–Trinajstić information content (AvgIpc) is 2.69. The lowest BCUT2D eigenvalue weighted by molar-refractivity contribution is -0.288. The molecule has 0 bridgehead atoms. The van der Waals surface area contributed by atoms with E-state index in [0.717, 1.165) is 0 Å². The van der Waals surface area contributed by atoms with Gasteiger partial charge in [-0.2, -0.15) is 26.3 Å². The van der Waals surface area contributed by atoms with Crippen LogP contribution in [0.15, 0.2) is 88.7 Å². The number of halogens is 7. The molecule has 0 spiro atoms. The van der Waals surface area contributed by atoms with Gasteiger partial charge in [-0.15, -0.1) is 0 Å². The Morgan fingerprint density at radius 1 is 0.548 bits per heavy atom. The highest BCUT2D eigenvalue weighted by Crippen LogP contribution is 2.56. The first-order valence-electron chi connectivity index (χ1n) is 8.62. The summed E-state index contributed by atoms with van der Waals surface area (Å²) in [4.78, 5) is -0.640. The van der Waals surface area contributed by atoms with E-state index in [4.69, 9.17) is 0 Å². The van der Waals surface area contributed by atoms with E-state index in [1.165, 1.54) is 24.3 Å². The Labute approximate surface area is 172 Å². The second-order valence-corrected chi connectivity index (χ2v) is 8.54. The van der Waals surface area contributed by atoms with Crippen LogP contribution in [-0.2, 0) is 15.3 Å². The largest absolute Gasteiger partial charge is 0.411 e. The minimum atomic E-state index is -5.86. The molecule has 0 heterocycles. The van der Waals surface area contributed by atoms with E-state index >= 15 is 0 Å². The van der Waals surface area contributed by atoms with Crippen molar-refractivity contribution in [3.63, 3.8) is 0 Å². The highest BCUT2D eigenvalue weighted by molar-refractivity contribution is 7.91. The predicted molar refractivity (Wildman–Crippen MR) is 97.6 cm³/mol. The lowest BCUT2D eigenvalue weighted by Gasteiger charge is -2.38. The number of hydrogen-bond donors (Lipinski definition) is 0. The molecule has 0 aliphatic heterocycles. The zero-order chi connectivity index (χ0) is 23.1. The fourth-order valence-electron chi connectivity index (χ4n) is 3.30. The van der Waals surface area contributed by atoms with Crippen molar-refractivity contribution in [2.24, 2.45) is 0 Å². The number of benzene rings is 3. The standard InChI is InChI=1S/C21H13F7O2S/c22-16-10-6-14(7-11-16)19(20(23,24)25,21(26,27)28)15-8-12-18(13-9-15)31(29,30)17-4-2-1-3-5-17/h1-13H. The molecule has 0 fully saturated rings. The van der Waals surface area contributed by atoms with Crippen LogP contribution in [0.4, 0.5) is 30.7 Å². The van der Waals surface area contributed by atoms with E-state index in [9.17, 15) is 39.2 Å². The molecule has 0 amide bonds. The summed E-state index contributed by atoms with van der Waals surface area (Å²) in [5.41, 5.74) is -6.97. The smallest absolute Gasteiger partial charge is 0.219 e. The van der Waals surface area contributed by atoms with Crippen molar-refractivity contribution in [1.29, 1.82) is 0 Å². The molecule has 10 heteroatoms. The third kappa shape index (κ3) is 3.80. The Bertz CT molecular complexity index is 1140. The van der Waals surface area contributed by atoms with Crippen molar-refractivity contribution >= 4 is 9.84 Å². The van der Waals surface area contributed by atoms with Gasteiger partial charge < -0.3 is 0 Å². The summed E-state index contributed by atoms with van der Waals surface area (Å²) in [5, 5.41) is 0. The molecule has 0 aromatic heterocycles. The summed E-state index contributed by atoms with van der Waals surface area (Å²) in [6.07, 6.45) is -11.7. The minimum Gasteiger partial charge on any atom is -0.219 e. The van der Waals surface area contributed by atoms with Crippen LogP contribution in [-0.4, -0.2) is 20.8 Å². The van der Waals surface area contributed by atoms with Crippen LogP contribution in [0.25, 0.3) is 0 Å². The Hall–Kier alpha value is -2.88. The Balaban J connectivity index is 2.23. The van der Waals surface area contributed by atoms with Gasteiger partial charge in [-0.05, 0) is 47.5 Å². The summed E-state index contributed by atoms with van der Waals surface area (Å²) in [6.45, 7) is 0. The van der Waals surface area contributed by atoms with Crippen LogP contribution >= 0.6 is 0 Å². The van der Waals surface area contributed by atoms with Gasteiger partial charge >= 0.3 is 12.4 Å². The SMILES string of the molecule is O=S(=O)(c1ccccc1)c1ccc(C(c2ccc(F)cc2)(C(F)(F)F)C(F)(F)F)cc1. The van der Waals surface area contributed by atoms with Gasteiger partial charge in [0.1, 0.15) is 5.82 Å². The fraction of sp³-hybridized carbons (Fsp3) is 0.143. The monoisotopic (exact) mass is 462 g/mol. The van der Waals surface area contributed by atoms with Crippen molar-refractivity contribution in [2.45, 2.75) is 27.6 Å². The van der Waals surface area contributed by atoms with Crippen molar-refractivity contribution in [3.8, 4) is 0 Å². The van der Waals surface area contributed by atoms with E-state index in [0.29, 0.717) is 48.5 Å². The molecular formula is C21H13F7O2S. The van der Waals surface area contributed by atoms with Gasteiger partial charge in [-0.25, -0.2) is 12.8 Å². The van der Waals surface area contributed by atoms with Gasteiger partial charge in [-0.3, -0.25) is 0 Å². The Kier molecular flexibility index (Phi) is 5.64. The molecule has 3 aromatic rings. The van der Waals surface area contributed by atoms with Gasteiger partial charge in [-0.1, -0.05) is 42.5 Å². The molecule has 31 heavy (non-hydrogen) atoms. The average molecular weight is 462 g/mol. The number of sulfone groups is 1. The van der Waals surface area contributed by atoms with Crippen LogP contribution in [0.2, 0.25) is 0 Å². The maximum Gasteiger partial charge on any atom is 0.411 e. The first-order valence-corrected chi connectivity index (χ1v) is 10.1. The molecule has 164 valence electrons. The molecule has 0 aliphatic carbocycles. The Morgan fingerprint density at radius 3 is 1.35 bits per heavy atom. The van der Waals surface area contributed by atoms with E-state index < -0.39 is 49.4 Å². The van der Waals surface area contributed by atoms with E-state index in [1.54, 1.807) is 6.07 Å². The van der Waals surface area contributed by atoms with Crippen molar-refractivity contribution in [3.05, 3.63) is 95.8 Å². The van der Waals surface area contributed by atoms with E-state index in [2.05, 4.69) is 0 Å². The molecule has 0 radical (unpaired) electrons. The molecule has 0 N–H and O–H groups in total. The number of rotatable bonds is 4. The molecule has 0 aliphatic rings. The highest BCUT2D eigenvalue weighted by atomic mass is 32.2. The summed E-state index contributed by atoms with van der Waals surface area (Å²) < 4.78 is 122. The van der Waals surface area contributed by atoms with Crippen LogP contribution in [0, 0.1) is 5.82 Å². The molecule has 0 saturated heterocycles. The minimum absolute atomic E-state index is 0.167. The topological polar surface area (TPSA) is 34.1 Å². The normalized spacial score (nSPS) is 13.3. The summed E-state index contributed by atoms with van der Waals surface area (Å²) in [5.74, 6) is -1.01. The predicted octanol–water partition coefficient (Wildman–Crippen LogP) is 6.07. The van der Waals surface area contributed by atoms with Crippen LogP contribution in [0.1, 0.15) is 11.1 Å². The summed E-state index contributed by atoms with van der Waals surface area (Å²) in [6, 6.07) is 11.0. The third-order valence-electron chi connectivity index (χ3n) is 4.78.